The highest BCUT2D eigenvalue weighted by molar-refractivity contribution is 9.10. The second-order valence-electron chi connectivity index (χ2n) is 3.36. The van der Waals surface area contributed by atoms with Crippen molar-refractivity contribution in [3.05, 3.63) is 40.6 Å². The van der Waals surface area contributed by atoms with Gasteiger partial charge in [-0.15, -0.1) is 0 Å². The molecule has 0 bridgehead atoms. The maximum atomic E-state index is 9.05. The van der Waals surface area contributed by atoms with Crippen LogP contribution in [0.4, 0.5) is 17.3 Å². The van der Waals surface area contributed by atoms with Crippen LogP contribution in [0.25, 0.3) is 0 Å². The summed E-state index contributed by atoms with van der Waals surface area (Å²) in [6.45, 7) is 0. The smallest absolute Gasteiger partial charge is 0.145 e. The van der Waals surface area contributed by atoms with E-state index >= 15 is 0 Å². The van der Waals surface area contributed by atoms with Crippen molar-refractivity contribution in [2.75, 3.05) is 10.7 Å². The molecular formula is C11H9BrN6. The molecule has 1 aromatic carbocycles. The quantitative estimate of drug-likeness (QED) is 0.593. The molecule has 0 spiro atoms. The van der Waals surface area contributed by atoms with Crippen LogP contribution in [-0.4, -0.2) is 9.97 Å². The van der Waals surface area contributed by atoms with Gasteiger partial charge in [-0.1, -0.05) is 15.9 Å². The maximum Gasteiger partial charge on any atom is 0.145 e. The molecule has 2 aromatic rings. The van der Waals surface area contributed by atoms with Gasteiger partial charge in [0.1, 0.15) is 24.0 Å². The molecule has 0 unspecified atom stereocenters. The highest BCUT2D eigenvalue weighted by atomic mass is 79.9. The van der Waals surface area contributed by atoms with E-state index in [-0.39, 0.29) is 0 Å². The molecule has 0 amide bonds. The Morgan fingerprint density at radius 1 is 1.22 bits per heavy atom. The van der Waals surface area contributed by atoms with E-state index in [9.17, 15) is 0 Å². The average Bonchev–Trinajstić information content (AvgIpc) is 2.41. The first-order valence-corrected chi connectivity index (χ1v) is 5.77. The normalized spacial score (nSPS) is 9.61. The van der Waals surface area contributed by atoms with Crippen molar-refractivity contribution in [2.45, 2.75) is 0 Å². The third-order valence-electron chi connectivity index (χ3n) is 2.18. The monoisotopic (exact) mass is 304 g/mol. The molecule has 0 fully saturated rings. The molecule has 0 aliphatic heterocycles. The number of halogens is 1. The number of nitrogens with two attached hydrogens (primary N) is 1. The zero-order valence-corrected chi connectivity index (χ0v) is 10.8. The van der Waals surface area contributed by atoms with E-state index in [0.717, 1.165) is 4.47 Å². The van der Waals surface area contributed by atoms with Crippen molar-refractivity contribution in [3.8, 4) is 6.07 Å². The summed E-state index contributed by atoms with van der Waals surface area (Å²) < 4.78 is 0.844. The zero-order valence-electron chi connectivity index (χ0n) is 9.18. The topological polar surface area (TPSA) is 99.7 Å². The second kappa shape index (κ2) is 5.44. The molecule has 4 N–H and O–H groups in total. The fraction of sp³-hybridized carbons (Fsp3) is 0. The minimum atomic E-state index is 0.489. The second-order valence-corrected chi connectivity index (χ2v) is 4.28. The molecule has 1 aromatic heterocycles. The van der Waals surface area contributed by atoms with Gasteiger partial charge in [-0.2, -0.15) is 5.26 Å². The van der Waals surface area contributed by atoms with Gasteiger partial charge in [0.15, 0.2) is 0 Å². The molecule has 18 heavy (non-hydrogen) atoms. The Morgan fingerprint density at radius 3 is 2.72 bits per heavy atom. The number of benzene rings is 1. The molecule has 7 heteroatoms. The van der Waals surface area contributed by atoms with Gasteiger partial charge in [0.25, 0.3) is 0 Å². The predicted molar refractivity (Wildman–Crippen MR) is 72.0 cm³/mol. The maximum absolute atomic E-state index is 9.05. The molecule has 6 nitrogen and oxygen atoms in total. The summed E-state index contributed by atoms with van der Waals surface area (Å²) in [5.41, 5.74) is 3.61. The van der Waals surface area contributed by atoms with E-state index in [1.165, 1.54) is 6.33 Å². The zero-order chi connectivity index (χ0) is 13.0. The molecule has 0 aliphatic carbocycles. The lowest BCUT2D eigenvalue weighted by atomic mass is 10.2. The molecule has 0 saturated carbocycles. The molecule has 0 aliphatic rings. The van der Waals surface area contributed by atoms with Gasteiger partial charge in [0.05, 0.1) is 11.3 Å². The van der Waals surface area contributed by atoms with E-state index in [1.807, 2.05) is 6.07 Å². The van der Waals surface area contributed by atoms with Crippen LogP contribution in [0.3, 0.4) is 0 Å². The number of nitrogens with zero attached hydrogens (tertiary/aromatic N) is 3. The molecule has 0 saturated heterocycles. The lowest BCUT2D eigenvalue weighted by Crippen LogP contribution is -2.09. The Labute approximate surface area is 112 Å². The molecule has 2 rings (SSSR count). The van der Waals surface area contributed by atoms with Crippen LogP contribution in [0.15, 0.2) is 35.1 Å². The van der Waals surface area contributed by atoms with Crippen LogP contribution in [0, 0.1) is 11.3 Å². The third kappa shape index (κ3) is 2.74. The van der Waals surface area contributed by atoms with Gasteiger partial charge in [-0.05, 0) is 18.2 Å². The highest BCUT2D eigenvalue weighted by Gasteiger charge is 2.04. The van der Waals surface area contributed by atoms with Crippen molar-refractivity contribution in [1.82, 2.24) is 9.97 Å². The average molecular weight is 305 g/mol. The summed E-state index contributed by atoms with van der Waals surface area (Å²) in [6.07, 6.45) is 1.38. The Balaban J connectivity index is 2.31. The SMILES string of the molecule is N#Cc1cc(Br)ccc1Nc1cc(NN)ncn1. The number of nitrogen functional groups attached to an aromatic ring is 1. The number of hydrazine groups is 1. The first-order valence-electron chi connectivity index (χ1n) is 4.98. The van der Waals surface area contributed by atoms with Gasteiger partial charge in [0.2, 0.25) is 0 Å². The number of hydrogen-bond donors (Lipinski definition) is 3. The van der Waals surface area contributed by atoms with Gasteiger partial charge in [-0.3, -0.25) is 0 Å². The number of aromatic nitrogens is 2. The summed E-state index contributed by atoms with van der Waals surface area (Å²) in [6, 6.07) is 9.11. The van der Waals surface area contributed by atoms with Crippen molar-refractivity contribution in [1.29, 1.82) is 5.26 Å². The van der Waals surface area contributed by atoms with Crippen LogP contribution in [0.1, 0.15) is 5.56 Å². The van der Waals surface area contributed by atoms with Crippen molar-refractivity contribution in [3.63, 3.8) is 0 Å². The van der Waals surface area contributed by atoms with Crippen LogP contribution >= 0.6 is 15.9 Å². The first-order chi connectivity index (χ1) is 8.72. The molecule has 90 valence electrons. The molecule has 0 radical (unpaired) electrons. The fourth-order valence-electron chi connectivity index (χ4n) is 1.36. The van der Waals surface area contributed by atoms with E-state index < -0.39 is 0 Å². The molecular weight excluding hydrogens is 296 g/mol. The first kappa shape index (κ1) is 12.3. The Bertz CT molecular complexity index is 607. The van der Waals surface area contributed by atoms with Crippen molar-refractivity contribution in [2.24, 2.45) is 5.84 Å². The van der Waals surface area contributed by atoms with Gasteiger partial charge in [0, 0.05) is 10.5 Å². The number of hydrogen-bond acceptors (Lipinski definition) is 6. The summed E-state index contributed by atoms with van der Waals surface area (Å²) in [5, 5.41) is 12.1. The Morgan fingerprint density at radius 2 is 2.00 bits per heavy atom. The largest absolute Gasteiger partial charge is 0.339 e. The van der Waals surface area contributed by atoms with E-state index in [1.54, 1.807) is 18.2 Å². The van der Waals surface area contributed by atoms with Gasteiger partial charge in [-0.25, -0.2) is 15.8 Å². The fourth-order valence-corrected chi connectivity index (χ4v) is 1.72. The van der Waals surface area contributed by atoms with Crippen LogP contribution in [0.2, 0.25) is 0 Å². The van der Waals surface area contributed by atoms with Crippen LogP contribution in [0.5, 0.6) is 0 Å². The van der Waals surface area contributed by atoms with Gasteiger partial charge < -0.3 is 10.7 Å². The lowest BCUT2D eigenvalue weighted by molar-refractivity contribution is 1.14. The minimum Gasteiger partial charge on any atom is -0.339 e. The lowest BCUT2D eigenvalue weighted by Gasteiger charge is -2.08. The van der Waals surface area contributed by atoms with Crippen molar-refractivity contribution >= 4 is 33.3 Å². The minimum absolute atomic E-state index is 0.489. The molecule has 1 heterocycles. The Kier molecular flexibility index (Phi) is 3.72. The predicted octanol–water partition coefficient (Wildman–Crippen LogP) is 2.14. The van der Waals surface area contributed by atoms with Crippen LogP contribution < -0.4 is 16.6 Å². The summed E-state index contributed by atoms with van der Waals surface area (Å²) in [4.78, 5) is 7.94. The van der Waals surface area contributed by atoms with Gasteiger partial charge >= 0.3 is 0 Å². The van der Waals surface area contributed by atoms with Crippen molar-refractivity contribution < 1.29 is 0 Å². The summed E-state index contributed by atoms with van der Waals surface area (Å²) in [5.74, 6) is 6.30. The van der Waals surface area contributed by atoms with E-state index in [0.29, 0.717) is 22.9 Å². The number of nitrogens with one attached hydrogen (secondary N) is 2. The summed E-state index contributed by atoms with van der Waals surface area (Å²) >= 11 is 3.31. The van der Waals surface area contributed by atoms with E-state index in [4.69, 9.17) is 11.1 Å². The third-order valence-corrected chi connectivity index (χ3v) is 2.67. The number of nitriles is 1. The van der Waals surface area contributed by atoms with Crippen LogP contribution in [-0.2, 0) is 0 Å². The Hall–Kier alpha value is -2.17. The summed E-state index contributed by atoms with van der Waals surface area (Å²) in [7, 11) is 0. The molecule has 0 atom stereocenters. The number of anilines is 3. The number of rotatable bonds is 3. The highest BCUT2D eigenvalue weighted by Crippen LogP contribution is 2.23. The standard InChI is InChI=1S/C11H9BrN6/c12-8-1-2-9(7(3-8)5-13)17-10-4-11(18-14)16-6-15-10/h1-4,6H,14H2,(H2,15,16,17,18). The van der Waals surface area contributed by atoms with E-state index in [2.05, 4.69) is 42.7 Å².